The fourth-order valence-corrected chi connectivity index (χ4v) is 8.33. The first kappa shape index (κ1) is 31.5. The molecule has 2 aromatic carbocycles. The first-order valence-corrected chi connectivity index (χ1v) is 17.4. The topological polar surface area (TPSA) is 149 Å². The van der Waals surface area contributed by atoms with Crippen LogP contribution >= 0.6 is 0 Å². The highest BCUT2D eigenvalue weighted by molar-refractivity contribution is 5.99. The average molecular weight is 693 g/mol. The Morgan fingerprint density at radius 1 is 1.08 bits per heavy atom. The van der Waals surface area contributed by atoms with E-state index in [0.717, 1.165) is 48.2 Å². The Balaban J connectivity index is 1.17. The molecule has 2 N–H and O–H groups in total. The molecule has 51 heavy (non-hydrogen) atoms. The van der Waals surface area contributed by atoms with Gasteiger partial charge in [0.2, 0.25) is 0 Å². The minimum absolute atomic E-state index is 0.0662. The third-order valence-corrected chi connectivity index (χ3v) is 11.1. The van der Waals surface area contributed by atoms with E-state index in [1.54, 1.807) is 48.0 Å². The number of aryl methyl sites for hydroxylation is 2. The van der Waals surface area contributed by atoms with Crippen LogP contribution in [0.2, 0.25) is 0 Å². The molecule has 0 bridgehead atoms. The van der Waals surface area contributed by atoms with Crippen LogP contribution in [0.3, 0.4) is 0 Å². The zero-order valence-corrected chi connectivity index (χ0v) is 28.5. The lowest BCUT2D eigenvalue weighted by Gasteiger charge is -2.29. The van der Waals surface area contributed by atoms with E-state index in [2.05, 4.69) is 40.2 Å². The molecule has 1 amide bonds. The average Bonchev–Trinajstić information content (AvgIpc) is 3.65. The molecule has 3 aliphatic rings. The number of imidazole rings is 1. The van der Waals surface area contributed by atoms with E-state index < -0.39 is 11.3 Å². The van der Waals surface area contributed by atoms with Gasteiger partial charge in [0.25, 0.3) is 5.91 Å². The molecule has 9 rings (SSSR count). The van der Waals surface area contributed by atoms with Crippen LogP contribution in [0.5, 0.6) is 0 Å². The Kier molecular flexibility index (Phi) is 7.11. The fourth-order valence-electron chi connectivity index (χ4n) is 8.33. The summed E-state index contributed by atoms with van der Waals surface area (Å²) in [5.74, 6) is 0.190. The van der Waals surface area contributed by atoms with E-state index in [0.29, 0.717) is 59.5 Å². The van der Waals surface area contributed by atoms with Crippen LogP contribution in [0.1, 0.15) is 76.4 Å². The second-order valence-electron chi connectivity index (χ2n) is 14.2. The van der Waals surface area contributed by atoms with Crippen molar-refractivity contribution in [3.63, 3.8) is 0 Å². The van der Waals surface area contributed by atoms with Gasteiger partial charge in [-0.2, -0.15) is 5.10 Å². The number of amides is 1. The van der Waals surface area contributed by atoms with Crippen molar-refractivity contribution < 1.29 is 18.4 Å². The lowest BCUT2D eigenvalue weighted by Crippen LogP contribution is -2.39. The van der Waals surface area contributed by atoms with Crippen LogP contribution in [0.15, 0.2) is 62.9 Å². The quantitative estimate of drug-likeness (QED) is 0.259. The monoisotopic (exact) mass is 692 g/mol. The number of ether oxygens (including phenoxy) is 1. The van der Waals surface area contributed by atoms with E-state index >= 15 is 0 Å². The number of benzene rings is 2. The fraction of sp³-hybridized carbons (Fsp3) is 0.378. The number of aromatic nitrogens is 7. The number of halogens is 1. The van der Waals surface area contributed by atoms with Gasteiger partial charge >= 0.3 is 11.4 Å². The standard InChI is InChI=1S/C37H37FN8O5/c1-20-14-26(15-21(2)31(20)38)46-32(44-11-9-39-35(44)48)27-19-43(10-6-28(27)41-46)33(47)30-17-25-16-24(23-7-12-50-13-8-23)4-5-29(25)45(30)37(18-22(37)3)34-40-36(49)51-42-34/h4-5,9,11,14-17,22-23H,6-8,10,12-13,18-19H2,1-3H3,(H,39,48)(H,40,42,49)/t22-,37-/m0/s1. The zero-order valence-electron chi connectivity index (χ0n) is 28.5. The Hall–Kier alpha value is -5.50. The van der Waals surface area contributed by atoms with Gasteiger partial charge in [-0.1, -0.05) is 18.1 Å². The van der Waals surface area contributed by atoms with Crippen molar-refractivity contribution in [3.8, 4) is 11.5 Å². The Bertz CT molecular complexity index is 2450. The molecular weight excluding hydrogens is 655 g/mol. The van der Waals surface area contributed by atoms with Gasteiger partial charge in [-0.05, 0) is 92.0 Å². The van der Waals surface area contributed by atoms with Gasteiger partial charge in [-0.15, -0.1) is 0 Å². The molecule has 1 aliphatic carbocycles. The predicted octanol–water partition coefficient (Wildman–Crippen LogP) is 4.61. The van der Waals surface area contributed by atoms with Gasteiger partial charge in [-0.3, -0.25) is 18.9 Å². The van der Waals surface area contributed by atoms with Crippen LogP contribution in [-0.2, 0) is 23.2 Å². The first-order valence-electron chi connectivity index (χ1n) is 17.4. The minimum atomic E-state index is -0.771. The number of rotatable bonds is 6. The number of carbonyl (C=O) groups excluding carboxylic acids is 1. The third-order valence-electron chi connectivity index (χ3n) is 11.1. The number of H-pyrrole nitrogens is 2. The summed E-state index contributed by atoms with van der Waals surface area (Å²) in [5, 5.41) is 9.97. The largest absolute Gasteiger partial charge is 0.438 e. The van der Waals surface area contributed by atoms with Crippen molar-refractivity contribution in [3.05, 3.63) is 115 Å². The van der Waals surface area contributed by atoms with E-state index in [4.69, 9.17) is 14.4 Å². The summed E-state index contributed by atoms with van der Waals surface area (Å²) in [7, 11) is 0. The molecule has 1 saturated heterocycles. The number of fused-ring (bicyclic) bond motifs is 2. The lowest BCUT2D eigenvalue weighted by atomic mass is 9.91. The highest BCUT2D eigenvalue weighted by Crippen LogP contribution is 2.56. The maximum atomic E-state index is 14.9. The summed E-state index contributed by atoms with van der Waals surface area (Å²) in [5.41, 5.74) is 4.46. The van der Waals surface area contributed by atoms with Gasteiger partial charge in [-0.25, -0.2) is 18.7 Å². The summed E-state index contributed by atoms with van der Waals surface area (Å²) >= 11 is 0. The van der Waals surface area contributed by atoms with Gasteiger partial charge in [0.15, 0.2) is 5.82 Å². The number of hydrogen-bond acceptors (Lipinski definition) is 7. The molecule has 0 radical (unpaired) electrons. The predicted molar refractivity (Wildman–Crippen MR) is 184 cm³/mol. The van der Waals surface area contributed by atoms with Crippen LogP contribution < -0.4 is 11.4 Å². The molecule has 0 spiro atoms. The van der Waals surface area contributed by atoms with Gasteiger partial charge < -0.3 is 19.2 Å². The molecule has 1 saturated carbocycles. The summed E-state index contributed by atoms with van der Waals surface area (Å²) in [4.78, 5) is 47.4. The second-order valence-corrected chi connectivity index (χ2v) is 14.2. The summed E-state index contributed by atoms with van der Waals surface area (Å²) in [6.07, 6.45) is 6.17. The van der Waals surface area contributed by atoms with E-state index in [1.807, 2.05) is 10.6 Å². The van der Waals surface area contributed by atoms with Crippen molar-refractivity contribution in [1.82, 2.24) is 38.9 Å². The molecule has 13 nitrogen and oxygen atoms in total. The van der Waals surface area contributed by atoms with Crippen molar-refractivity contribution in [1.29, 1.82) is 0 Å². The summed E-state index contributed by atoms with van der Waals surface area (Å²) in [6, 6.07) is 11.8. The molecule has 6 aromatic rings. The Morgan fingerprint density at radius 2 is 1.84 bits per heavy atom. The number of aromatic amines is 2. The van der Waals surface area contributed by atoms with E-state index in [1.165, 1.54) is 10.1 Å². The summed E-state index contributed by atoms with van der Waals surface area (Å²) < 4.78 is 30.5. The molecule has 4 aromatic heterocycles. The maximum absolute atomic E-state index is 14.9. The second kappa shape index (κ2) is 11.5. The SMILES string of the molecule is Cc1cc(-n2nc3c(c2-n2cc[nH]c2=O)CN(C(=O)c2cc4cc(C5CCOCC5)ccc4n2[C@@]2(c4noc(=O)[nH]4)C[C@@H]2C)CC3)cc(C)c1F. The number of nitrogens with zero attached hydrogens (tertiary/aromatic N) is 6. The molecule has 2 atom stereocenters. The molecule has 0 unspecified atom stereocenters. The van der Waals surface area contributed by atoms with E-state index in [9.17, 15) is 18.8 Å². The Labute approximate surface area is 290 Å². The van der Waals surface area contributed by atoms with Crippen molar-refractivity contribution in [2.24, 2.45) is 5.92 Å². The molecule has 262 valence electrons. The first-order chi connectivity index (χ1) is 24.6. The maximum Gasteiger partial charge on any atom is 0.438 e. The van der Waals surface area contributed by atoms with Gasteiger partial charge in [0, 0.05) is 55.0 Å². The highest BCUT2D eigenvalue weighted by Gasteiger charge is 2.59. The zero-order chi connectivity index (χ0) is 35.2. The molecule has 14 heteroatoms. The van der Waals surface area contributed by atoms with Gasteiger partial charge in [0.05, 0.1) is 17.9 Å². The van der Waals surface area contributed by atoms with Crippen molar-refractivity contribution in [2.45, 2.75) is 64.5 Å². The van der Waals surface area contributed by atoms with Crippen molar-refractivity contribution >= 4 is 16.8 Å². The third kappa shape index (κ3) is 4.87. The molecule has 2 aliphatic heterocycles. The normalized spacial score (nSPS) is 20.6. The van der Waals surface area contributed by atoms with Crippen molar-refractivity contribution in [2.75, 3.05) is 19.8 Å². The Morgan fingerprint density at radius 3 is 2.51 bits per heavy atom. The molecule has 6 heterocycles. The minimum Gasteiger partial charge on any atom is -0.381 e. The lowest BCUT2D eigenvalue weighted by molar-refractivity contribution is 0.0721. The molecule has 2 fully saturated rings. The highest BCUT2D eigenvalue weighted by atomic mass is 19.1. The van der Waals surface area contributed by atoms with Crippen LogP contribution in [0, 0.1) is 25.6 Å². The van der Waals surface area contributed by atoms with Gasteiger partial charge in [0.1, 0.15) is 22.9 Å². The molecular formula is C37H37FN8O5. The van der Waals surface area contributed by atoms with Crippen LogP contribution in [0.4, 0.5) is 4.39 Å². The van der Waals surface area contributed by atoms with Crippen LogP contribution in [-0.4, -0.2) is 64.6 Å². The van der Waals surface area contributed by atoms with Crippen LogP contribution in [0.25, 0.3) is 22.4 Å². The summed E-state index contributed by atoms with van der Waals surface area (Å²) in [6.45, 7) is 7.50. The number of nitrogens with one attached hydrogen (secondary N) is 2. The number of carbonyl (C=O) groups is 1. The smallest absolute Gasteiger partial charge is 0.381 e. The number of hydrogen-bond donors (Lipinski definition) is 2. The van der Waals surface area contributed by atoms with E-state index in [-0.39, 0.29) is 29.9 Å².